The minimum atomic E-state index is -0.445. The first-order chi connectivity index (χ1) is 15.8. The van der Waals surface area contributed by atoms with E-state index in [-0.39, 0.29) is 24.4 Å². The summed E-state index contributed by atoms with van der Waals surface area (Å²) in [6, 6.07) is 7.23. The number of aryl methyl sites for hydroxylation is 1. The zero-order valence-corrected chi connectivity index (χ0v) is 21.0. The van der Waals surface area contributed by atoms with Gasteiger partial charge in [-0.1, -0.05) is 46.8 Å². The third-order valence-corrected chi connectivity index (χ3v) is 6.73. The minimum Gasteiger partial charge on any atom is -0.481 e. The quantitative estimate of drug-likeness (QED) is 0.307. The van der Waals surface area contributed by atoms with Crippen LogP contribution in [0.15, 0.2) is 29.4 Å². The van der Waals surface area contributed by atoms with E-state index in [2.05, 4.69) is 20.5 Å². The number of carbonyl (C=O) groups excluding carboxylic acids is 2. The maximum Gasteiger partial charge on any atom is 0.350 e. The Balaban J connectivity index is 1.62. The van der Waals surface area contributed by atoms with Crippen LogP contribution >= 0.6 is 34.7 Å². The van der Waals surface area contributed by atoms with E-state index in [0.717, 1.165) is 11.3 Å². The van der Waals surface area contributed by atoms with E-state index in [4.69, 9.17) is 21.1 Å². The first-order valence-electron chi connectivity index (χ1n) is 10.2. The van der Waals surface area contributed by atoms with Crippen LogP contribution in [0.2, 0.25) is 5.02 Å². The summed E-state index contributed by atoms with van der Waals surface area (Å²) in [7, 11) is 0. The lowest BCUT2D eigenvalue weighted by Gasteiger charge is -2.16. The van der Waals surface area contributed by atoms with Crippen molar-refractivity contribution in [3.8, 4) is 5.75 Å². The number of esters is 1. The average molecular weight is 510 g/mol. The van der Waals surface area contributed by atoms with Gasteiger partial charge in [0, 0.05) is 6.54 Å². The summed E-state index contributed by atoms with van der Waals surface area (Å²) in [5.74, 6) is 0.586. The first-order valence-corrected chi connectivity index (χ1v) is 12.4. The molecule has 1 aromatic carbocycles. The first kappa shape index (κ1) is 25.0. The summed E-state index contributed by atoms with van der Waals surface area (Å²) in [5.41, 5.74) is 0.518. The van der Waals surface area contributed by atoms with Crippen molar-refractivity contribution < 1.29 is 19.1 Å². The molecule has 0 radical (unpaired) electrons. The number of nitrogens with zero attached hydrogens (tertiary/aromatic N) is 4. The highest BCUT2D eigenvalue weighted by Crippen LogP contribution is 2.29. The number of rotatable bonds is 10. The van der Waals surface area contributed by atoms with Crippen LogP contribution in [0.5, 0.6) is 5.75 Å². The predicted molar refractivity (Wildman–Crippen MR) is 128 cm³/mol. The lowest BCUT2D eigenvalue weighted by Crippen LogP contribution is -2.15. The molecule has 1 N–H and O–H groups in total. The number of aromatic nitrogens is 4. The third-order valence-electron chi connectivity index (χ3n) is 4.40. The number of anilines is 1. The number of halogens is 1. The van der Waals surface area contributed by atoms with Gasteiger partial charge in [0.1, 0.15) is 10.6 Å². The maximum absolute atomic E-state index is 12.4. The molecule has 33 heavy (non-hydrogen) atoms. The molecule has 1 unspecified atom stereocenters. The number of thioether (sulfide) groups is 1. The standard InChI is InChI=1S/C21H24ClN5O4S2/c1-5-27-18(13(4)31-15-10-8-7-9-14(15)22)25-26-21(27)32-11-16(28)24-20-23-12(3)17(33-20)19(29)30-6-2/h7-10,13H,5-6,11H2,1-4H3,(H,23,24,28). The summed E-state index contributed by atoms with van der Waals surface area (Å²) in [5, 5.41) is 12.7. The molecule has 3 rings (SSSR count). The van der Waals surface area contributed by atoms with E-state index >= 15 is 0 Å². The van der Waals surface area contributed by atoms with E-state index in [0.29, 0.717) is 44.0 Å². The zero-order chi connectivity index (χ0) is 24.0. The largest absolute Gasteiger partial charge is 0.481 e. The Morgan fingerprint density at radius 1 is 1.27 bits per heavy atom. The van der Waals surface area contributed by atoms with Gasteiger partial charge in [-0.25, -0.2) is 9.78 Å². The molecule has 2 aromatic heterocycles. The summed E-state index contributed by atoms with van der Waals surface area (Å²) in [4.78, 5) is 29.0. The number of amides is 1. The number of ether oxygens (including phenoxy) is 2. The number of benzene rings is 1. The molecule has 0 aliphatic rings. The van der Waals surface area contributed by atoms with Gasteiger partial charge in [-0.15, -0.1) is 10.2 Å². The smallest absolute Gasteiger partial charge is 0.350 e. The molecule has 9 nitrogen and oxygen atoms in total. The van der Waals surface area contributed by atoms with Crippen LogP contribution in [0.1, 0.15) is 48.1 Å². The molecular formula is C21H24ClN5O4S2. The summed E-state index contributed by atoms with van der Waals surface area (Å²) < 4.78 is 12.9. The van der Waals surface area contributed by atoms with E-state index in [1.165, 1.54) is 11.8 Å². The van der Waals surface area contributed by atoms with Crippen molar-refractivity contribution >= 4 is 51.7 Å². The van der Waals surface area contributed by atoms with Gasteiger partial charge in [0.15, 0.2) is 22.2 Å². The Morgan fingerprint density at radius 2 is 2.03 bits per heavy atom. The predicted octanol–water partition coefficient (Wildman–Crippen LogP) is 4.76. The Kier molecular flexibility index (Phi) is 8.70. The molecule has 0 fully saturated rings. The molecule has 2 heterocycles. The number of thiazole rings is 1. The van der Waals surface area contributed by atoms with E-state index in [1.54, 1.807) is 26.0 Å². The van der Waals surface area contributed by atoms with Crippen molar-refractivity contribution in [1.29, 1.82) is 0 Å². The molecule has 12 heteroatoms. The molecule has 176 valence electrons. The zero-order valence-electron chi connectivity index (χ0n) is 18.6. The Hall–Kier alpha value is -2.63. The van der Waals surface area contributed by atoms with Crippen molar-refractivity contribution in [3.05, 3.63) is 45.7 Å². The number of para-hydroxylation sites is 1. The Morgan fingerprint density at radius 3 is 2.73 bits per heavy atom. The van der Waals surface area contributed by atoms with Crippen LogP contribution in [0.25, 0.3) is 0 Å². The lowest BCUT2D eigenvalue weighted by atomic mass is 10.3. The van der Waals surface area contributed by atoms with Crippen molar-refractivity contribution in [1.82, 2.24) is 19.7 Å². The molecule has 0 saturated heterocycles. The van der Waals surface area contributed by atoms with Gasteiger partial charge >= 0.3 is 5.97 Å². The van der Waals surface area contributed by atoms with E-state index in [1.807, 2.05) is 30.5 Å². The van der Waals surface area contributed by atoms with Gasteiger partial charge in [0.2, 0.25) is 5.91 Å². The molecule has 0 spiro atoms. The lowest BCUT2D eigenvalue weighted by molar-refractivity contribution is -0.113. The van der Waals surface area contributed by atoms with Crippen LogP contribution < -0.4 is 10.1 Å². The normalized spacial score (nSPS) is 11.8. The monoisotopic (exact) mass is 509 g/mol. The summed E-state index contributed by atoms with van der Waals surface area (Å²) >= 11 is 8.52. The van der Waals surface area contributed by atoms with Crippen LogP contribution in [0, 0.1) is 6.92 Å². The molecule has 0 saturated carbocycles. The van der Waals surface area contributed by atoms with Crippen molar-refractivity contribution in [2.75, 3.05) is 17.7 Å². The van der Waals surface area contributed by atoms with E-state index < -0.39 is 5.97 Å². The van der Waals surface area contributed by atoms with Crippen LogP contribution in [-0.2, 0) is 16.1 Å². The third kappa shape index (κ3) is 6.24. The SMILES string of the molecule is CCOC(=O)c1sc(NC(=O)CSc2nnc(C(C)Oc3ccccc3Cl)n2CC)nc1C. The minimum absolute atomic E-state index is 0.102. The van der Waals surface area contributed by atoms with Gasteiger partial charge in [-0.05, 0) is 39.8 Å². The molecule has 0 aliphatic carbocycles. The van der Waals surface area contributed by atoms with Crippen LogP contribution in [0.3, 0.4) is 0 Å². The average Bonchev–Trinajstić information content (AvgIpc) is 3.36. The molecule has 0 aliphatic heterocycles. The van der Waals surface area contributed by atoms with Gasteiger partial charge in [0.25, 0.3) is 0 Å². The van der Waals surface area contributed by atoms with Gasteiger partial charge in [-0.2, -0.15) is 0 Å². The molecule has 0 bridgehead atoms. The van der Waals surface area contributed by atoms with Crippen molar-refractivity contribution in [2.45, 2.75) is 45.5 Å². The maximum atomic E-state index is 12.4. The number of hydrogen-bond acceptors (Lipinski definition) is 9. The Bertz CT molecular complexity index is 1130. The van der Waals surface area contributed by atoms with Gasteiger partial charge in [0.05, 0.1) is 23.1 Å². The fourth-order valence-electron chi connectivity index (χ4n) is 2.91. The molecule has 1 atom stereocenters. The highest BCUT2D eigenvalue weighted by molar-refractivity contribution is 7.99. The van der Waals surface area contributed by atoms with Gasteiger partial charge < -0.3 is 19.4 Å². The van der Waals surface area contributed by atoms with E-state index in [9.17, 15) is 9.59 Å². The summed E-state index contributed by atoms with van der Waals surface area (Å²) in [6.07, 6.45) is -0.389. The van der Waals surface area contributed by atoms with Crippen LogP contribution in [0.4, 0.5) is 5.13 Å². The number of hydrogen-bond donors (Lipinski definition) is 1. The number of nitrogens with one attached hydrogen (secondary N) is 1. The number of carbonyl (C=O) groups is 2. The van der Waals surface area contributed by atoms with Crippen LogP contribution in [-0.4, -0.2) is 44.0 Å². The Labute approximate surface area is 204 Å². The fourth-order valence-corrected chi connectivity index (χ4v) is 4.78. The van der Waals surface area contributed by atoms with Crippen molar-refractivity contribution in [3.63, 3.8) is 0 Å². The van der Waals surface area contributed by atoms with Gasteiger partial charge in [-0.3, -0.25) is 4.79 Å². The topological polar surface area (TPSA) is 108 Å². The van der Waals surface area contributed by atoms with Crippen molar-refractivity contribution in [2.24, 2.45) is 0 Å². The molecule has 1 amide bonds. The second-order valence-electron chi connectivity index (χ2n) is 6.77. The second-order valence-corrected chi connectivity index (χ2v) is 9.12. The second kappa shape index (κ2) is 11.5. The molecular weight excluding hydrogens is 486 g/mol. The highest BCUT2D eigenvalue weighted by Gasteiger charge is 2.21. The summed E-state index contributed by atoms with van der Waals surface area (Å²) in [6.45, 7) is 8.15. The highest BCUT2D eigenvalue weighted by atomic mass is 35.5. The molecule has 3 aromatic rings. The fraction of sp³-hybridized carbons (Fsp3) is 0.381.